The van der Waals surface area contributed by atoms with Crippen LogP contribution in [-0.2, 0) is 0 Å². The summed E-state index contributed by atoms with van der Waals surface area (Å²) in [5.41, 5.74) is 1.41. The Labute approximate surface area is 133 Å². The second-order valence-electron chi connectivity index (χ2n) is 3.99. The number of rotatable bonds is 3. The third-order valence-corrected chi connectivity index (χ3v) is 3.90. The zero-order chi connectivity index (χ0) is 14.8. The van der Waals surface area contributed by atoms with Gasteiger partial charge in [0.1, 0.15) is 0 Å². The van der Waals surface area contributed by atoms with Crippen LogP contribution in [0.25, 0.3) is 11.3 Å². The van der Waals surface area contributed by atoms with Gasteiger partial charge in [-0.25, -0.2) is 4.98 Å². The van der Waals surface area contributed by atoms with Crippen LogP contribution in [0.2, 0.25) is 10.0 Å². The van der Waals surface area contributed by atoms with Gasteiger partial charge in [0.25, 0.3) is 5.91 Å². The molecule has 5 nitrogen and oxygen atoms in total. The number of nitrogens with one attached hydrogen (secondary N) is 1. The number of carbonyl (C=O) groups excluding carboxylic acids is 1. The molecule has 8 heteroatoms. The van der Waals surface area contributed by atoms with E-state index in [2.05, 4.69) is 15.5 Å². The molecule has 0 aliphatic heterocycles. The maximum atomic E-state index is 11.8. The predicted octanol–water partition coefficient (Wildman–Crippen LogP) is 4.36. The van der Waals surface area contributed by atoms with E-state index in [4.69, 9.17) is 27.7 Å². The molecule has 0 saturated carbocycles. The maximum Gasteiger partial charge on any atom is 0.296 e. The average Bonchev–Trinajstić information content (AvgIpc) is 3.09. The lowest BCUT2D eigenvalue weighted by molar-refractivity contribution is 0.0988. The first-order chi connectivity index (χ1) is 10.1. The van der Waals surface area contributed by atoms with E-state index in [1.807, 2.05) is 0 Å². The minimum atomic E-state index is -0.407. The molecule has 1 amide bonds. The largest absolute Gasteiger partial charge is 0.351 e. The standard InChI is InChI=1S/C13H7Cl2N3O2S/c14-7-1-2-8(9(15)5-7)10-6-21-13(17-10)18-12(19)11-3-4-16-20-11/h1-6H,(H,17,18,19). The van der Waals surface area contributed by atoms with Crippen molar-refractivity contribution >= 4 is 45.6 Å². The SMILES string of the molecule is O=C(Nc1nc(-c2ccc(Cl)cc2Cl)cs1)c1ccno1. The van der Waals surface area contributed by atoms with Crippen molar-refractivity contribution in [1.29, 1.82) is 0 Å². The fourth-order valence-electron chi connectivity index (χ4n) is 1.64. The molecule has 2 heterocycles. The van der Waals surface area contributed by atoms with Crippen molar-refractivity contribution in [3.8, 4) is 11.3 Å². The third-order valence-electron chi connectivity index (χ3n) is 2.59. The average molecular weight is 340 g/mol. The zero-order valence-corrected chi connectivity index (χ0v) is 12.7. The molecule has 0 bridgehead atoms. The van der Waals surface area contributed by atoms with Crippen molar-refractivity contribution in [2.45, 2.75) is 0 Å². The molecule has 21 heavy (non-hydrogen) atoms. The first-order valence-corrected chi connectivity index (χ1v) is 7.40. The number of nitrogens with zero attached hydrogens (tertiary/aromatic N) is 2. The van der Waals surface area contributed by atoms with Gasteiger partial charge >= 0.3 is 0 Å². The van der Waals surface area contributed by atoms with Crippen molar-refractivity contribution in [1.82, 2.24) is 10.1 Å². The van der Waals surface area contributed by atoms with Gasteiger partial charge in [-0.1, -0.05) is 28.4 Å². The van der Waals surface area contributed by atoms with Crippen LogP contribution in [0.3, 0.4) is 0 Å². The second kappa shape index (κ2) is 5.85. The Kier molecular flexibility index (Phi) is 3.92. The topological polar surface area (TPSA) is 68.0 Å². The highest BCUT2D eigenvalue weighted by Gasteiger charge is 2.14. The molecule has 106 valence electrons. The number of amides is 1. The van der Waals surface area contributed by atoms with Gasteiger partial charge in [-0.15, -0.1) is 11.3 Å². The summed E-state index contributed by atoms with van der Waals surface area (Å²) in [5.74, 6) is -0.285. The Balaban J connectivity index is 1.82. The monoisotopic (exact) mass is 339 g/mol. The highest BCUT2D eigenvalue weighted by atomic mass is 35.5. The number of hydrogen-bond acceptors (Lipinski definition) is 5. The van der Waals surface area contributed by atoms with Gasteiger partial charge in [0.2, 0.25) is 5.76 Å². The van der Waals surface area contributed by atoms with E-state index in [1.165, 1.54) is 23.6 Å². The molecule has 0 unspecified atom stereocenters. The van der Waals surface area contributed by atoms with Crippen LogP contribution in [0, 0.1) is 0 Å². The van der Waals surface area contributed by atoms with Crippen LogP contribution < -0.4 is 5.32 Å². The first-order valence-electron chi connectivity index (χ1n) is 5.76. The van der Waals surface area contributed by atoms with E-state index in [1.54, 1.807) is 23.6 Å². The summed E-state index contributed by atoms with van der Waals surface area (Å²) < 4.78 is 4.77. The van der Waals surface area contributed by atoms with Gasteiger partial charge in [0.15, 0.2) is 5.13 Å². The van der Waals surface area contributed by atoms with E-state index in [0.29, 0.717) is 20.9 Å². The molecule has 3 aromatic rings. The molecule has 3 rings (SSSR count). The van der Waals surface area contributed by atoms with Crippen molar-refractivity contribution in [2.75, 3.05) is 5.32 Å². The highest BCUT2D eigenvalue weighted by Crippen LogP contribution is 2.32. The fraction of sp³-hybridized carbons (Fsp3) is 0. The summed E-state index contributed by atoms with van der Waals surface area (Å²) in [7, 11) is 0. The van der Waals surface area contributed by atoms with Crippen LogP contribution in [-0.4, -0.2) is 16.0 Å². The molecule has 0 aliphatic rings. The molecule has 0 aliphatic carbocycles. The van der Waals surface area contributed by atoms with Gasteiger partial charge in [-0.2, -0.15) is 0 Å². The molecule has 0 atom stereocenters. The highest BCUT2D eigenvalue weighted by molar-refractivity contribution is 7.14. The van der Waals surface area contributed by atoms with E-state index >= 15 is 0 Å². The molecule has 1 N–H and O–H groups in total. The normalized spacial score (nSPS) is 10.6. The number of hydrogen-bond donors (Lipinski definition) is 1. The van der Waals surface area contributed by atoms with Gasteiger partial charge in [-0.3, -0.25) is 10.1 Å². The van der Waals surface area contributed by atoms with Crippen molar-refractivity contribution in [3.05, 3.63) is 51.6 Å². The first kappa shape index (κ1) is 14.1. The van der Waals surface area contributed by atoms with Crippen molar-refractivity contribution in [2.24, 2.45) is 0 Å². The van der Waals surface area contributed by atoms with Crippen LogP contribution in [0.1, 0.15) is 10.6 Å². The Morgan fingerprint density at radius 2 is 2.14 bits per heavy atom. The predicted molar refractivity (Wildman–Crippen MR) is 82.0 cm³/mol. The number of halogens is 2. The Hall–Kier alpha value is -1.89. The lowest BCUT2D eigenvalue weighted by Gasteiger charge is -2.01. The van der Waals surface area contributed by atoms with Crippen LogP contribution in [0.5, 0.6) is 0 Å². The van der Waals surface area contributed by atoms with Crippen molar-refractivity contribution < 1.29 is 9.32 Å². The number of thiazole rings is 1. The van der Waals surface area contributed by atoms with Gasteiger partial charge in [0, 0.05) is 22.0 Å². The van der Waals surface area contributed by atoms with Gasteiger partial charge < -0.3 is 4.52 Å². The zero-order valence-electron chi connectivity index (χ0n) is 10.3. The number of aromatic nitrogens is 2. The molecule has 2 aromatic heterocycles. The Bertz CT molecular complexity index is 787. The minimum Gasteiger partial charge on any atom is -0.351 e. The second-order valence-corrected chi connectivity index (χ2v) is 5.69. The fourth-order valence-corrected chi connectivity index (χ4v) is 2.85. The number of benzene rings is 1. The van der Waals surface area contributed by atoms with E-state index in [9.17, 15) is 4.79 Å². The van der Waals surface area contributed by atoms with Crippen LogP contribution in [0.4, 0.5) is 5.13 Å². The molecule has 1 aromatic carbocycles. The van der Waals surface area contributed by atoms with Crippen LogP contribution >= 0.6 is 34.5 Å². The van der Waals surface area contributed by atoms with Gasteiger partial charge in [0.05, 0.1) is 16.9 Å². The molecule has 0 radical (unpaired) electrons. The summed E-state index contributed by atoms with van der Waals surface area (Å²) in [6.45, 7) is 0. The number of anilines is 1. The molecule has 0 spiro atoms. The lowest BCUT2D eigenvalue weighted by Crippen LogP contribution is -2.10. The lowest BCUT2D eigenvalue weighted by atomic mass is 10.2. The van der Waals surface area contributed by atoms with Crippen molar-refractivity contribution in [3.63, 3.8) is 0 Å². The Morgan fingerprint density at radius 1 is 1.29 bits per heavy atom. The van der Waals surface area contributed by atoms with Crippen LogP contribution in [0.15, 0.2) is 40.4 Å². The Morgan fingerprint density at radius 3 is 2.86 bits per heavy atom. The smallest absolute Gasteiger partial charge is 0.296 e. The molecule has 0 saturated heterocycles. The summed E-state index contributed by atoms with van der Waals surface area (Å²) in [5, 5.41) is 9.40. The summed E-state index contributed by atoms with van der Waals surface area (Å²) in [6.07, 6.45) is 1.40. The third kappa shape index (κ3) is 3.07. The van der Waals surface area contributed by atoms with Gasteiger partial charge in [-0.05, 0) is 18.2 Å². The maximum absolute atomic E-state index is 11.8. The number of carbonyl (C=O) groups is 1. The van der Waals surface area contributed by atoms with E-state index in [0.717, 1.165) is 5.56 Å². The molecular formula is C13H7Cl2N3O2S. The molecule has 0 fully saturated rings. The quantitative estimate of drug-likeness (QED) is 0.769. The summed E-state index contributed by atoms with van der Waals surface area (Å²) in [6, 6.07) is 6.63. The minimum absolute atomic E-state index is 0.122. The summed E-state index contributed by atoms with van der Waals surface area (Å²) >= 11 is 13.3. The van der Waals surface area contributed by atoms with E-state index < -0.39 is 5.91 Å². The van der Waals surface area contributed by atoms with E-state index in [-0.39, 0.29) is 5.76 Å². The summed E-state index contributed by atoms with van der Waals surface area (Å²) in [4.78, 5) is 16.1. The molecular weight excluding hydrogens is 333 g/mol.